The average Bonchev–Trinajstić information content (AvgIpc) is 1.96. The number of unbranched alkanes of at least 4 members (excludes halogenated alkanes) is 5. The molecule has 0 saturated heterocycles. The van der Waals surface area contributed by atoms with Crippen LogP contribution in [0.5, 0.6) is 0 Å². The van der Waals surface area contributed by atoms with E-state index in [1.165, 1.54) is 44.7 Å². The Hall–Kier alpha value is 0.910. The van der Waals surface area contributed by atoms with E-state index in [0.717, 1.165) is 0 Å². The Balaban J connectivity index is 2.80. The summed E-state index contributed by atoms with van der Waals surface area (Å²) in [5.74, 6) is 0. The van der Waals surface area contributed by atoms with Crippen LogP contribution in [-0.2, 0) is 0 Å². The number of rotatable bonds is 7. The third-order valence-corrected chi connectivity index (χ3v) is 3.82. The smallest absolute Gasteiger partial charge is 0.0230 e. The summed E-state index contributed by atoms with van der Waals surface area (Å²) >= 11 is 3.62. The molecule has 0 aliphatic carbocycles. The molecule has 0 saturated carbocycles. The van der Waals surface area contributed by atoms with Crippen LogP contribution in [0.1, 0.15) is 45.4 Å². The Morgan fingerprint density at radius 2 is 1.55 bits per heavy atom. The highest BCUT2D eigenvalue weighted by Crippen LogP contribution is 2.40. The largest absolute Gasteiger partial charge is 0.0654 e. The van der Waals surface area contributed by atoms with Crippen LogP contribution in [0.4, 0.5) is 0 Å². The molecule has 0 aliphatic rings. The summed E-state index contributed by atoms with van der Waals surface area (Å²) in [4.78, 5) is 0. The van der Waals surface area contributed by atoms with Crippen molar-refractivity contribution in [1.29, 1.82) is 0 Å². The highest BCUT2D eigenvalue weighted by Gasteiger charge is 1.94. The molecule has 0 aromatic rings. The fraction of sp³-hybridized carbons (Fsp3) is 1.00. The molecule has 0 fully saturated rings. The van der Waals surface area contributed by atoms with Crippen molar-refractivity contribution in [3.05, 3.63) is 0 Å². The molecule has 68 valence electrons. The van der Waals surface area contributed by atoms with Crippen LogP contribution in [0.25, 0.3) is 0 Å². The van der Waals surface area contributed by atoms with Crippen molar-refractivity contribution in [1.82, 2.24) is 0 Å². The minimum absolute atomic E-state index is 0.188. The van der Waals surface area contributed by atoms with Crippen molar-refractivity contribution in [2.75, 3.05) is 12.8 Å². The molecular formula is C9H20BrP. The molecule has 0 heterocycles. The van der Waals surface area contributed by atoms with Crippen LogP contribution < -0.4 is 0 Å². The second-order valence-electron chi connectivity index (χ2n) is 3.10. The molecule has 0 aromatic heterocycles. The van der Waals surface area contributed by atoms with Gasteiger partial charge >= 0.3 is 0 Å². The van der Waals surface area contributed by atoms with Gasteiger partial charge in [-0.1, -0.05) is 54.5 Å². The molecule has 0 amide bonds. The Kier molecular flexibility index (Phi) is 9.75. The number of halogens is 1. The lowest BCUT2D eigenvalue weighted by atomic mass is 10.1. The molecule has 1 atom stereocenters. The molecule has 0 aliphatic heterocycles. The Labute approximate surface area is 80.6 Å². The minimum atomic E-state index is 0.188. The maximum Gasteiger partial charge on any atom is -0.0230 e. The van der Waals surface area contributed by atoms with Crippen molar-refractivity contribution in [2.24, 2.45) is 0 Å². The van der Waals surface area contributed by atoms with E-state index >= 15 is 0 Å². The van der Waals surface area contributed by atoms with Crippen LogP contribution in [0.3, 0.4) is 0 Å². The third-order valence-electron chi connectivity index (χ3n) is 1.82. The summed E-state index contributed by atoms with van der Waals surface area (Å²) in [5.41, 5.74) is 0. The number of hydrogen-bond acceptors (Lipinski definition) is 0. The van der Waals surface area contributed by atoms with E-state index in [-0.39, 0.29) is 6.62 Å². The molecule has 0 N–H and O–H groups in total. The second kappa shape index (κ2) is 9.00. The second-order valence-corrected chi connectivity index (χ2v) is 8.39. The van der Waals surface area contributed by atoms with Gasteiger partial charge in [-0.2, -0.15) is 0 Å². The van der Waals surface area contributed by atoms with Crippen LogP contribution in [0.15, 0.2) is 0 Å². The summed E-state index contributed by atoms with van der Waals surface area (Å²) in [6.07, 6.45) is 9.95. The van der Waals surface area contributed by atoms with Crippen molar-refractivity contribution in [3.8, 4) is 0 Å². The average molecular weight is 239 g/mol. The highest BCUT2D eigenvalue weighted by molar-refractivity contribution is 9.39. The van der Waals surface area contributed by atoms with Gasteiger partial charge in [-0.3, -0.25) is 0 Å². The van der Waals surface area contributed by atoms with Gasteiger partial charge in [-0.25, -0.2) is 0 Å². The maximum absolute atomic E-state index is 3.62. The summed E-state index contributed by atoms with van der Waals surface area (Å²) in [5, 5.41) is 0. The van der Waals surface area contributed by atoms with Gasteiger partial charge in [-0.15, -0.1) is 0 Å². The van der Waals surface area contributed by atoms with Crippen molar-refractivity contribution in [2.45, 2.75) is 45.4 Å². The quantitative estimate of drug-likeness (QED) is 0.443. The molecule has 1 unspecified atom stereocenters. The Bertz CT molecular complexity index is 74.0. The monoisotopic (exact) mass is 238 g/mol. The van der Waals surface area contributed by atoms with E-state index in [2.05, 4.69) is 29.1 Å². The fourth-order valence-electron chi connectivity index (χ4n) is 1.11. The maximum atomic E-state index is 3.62. The first-order valence-corrected chi connectivity index (χ1v) is 8.63. The summed E-state index contributed by atoms with van der Waals surface area (Å²) in [7, 11) is 0. The van der Waals surface area contributed by atoms with Gasteiger partial charge in [0.1, 0.15) is 0 Å². The van der Waals surface area contributed by atoms with Crippen molar-refractivity contribution < 1.29 is 0 Å². The van der Waals surface area contributed by atoms with Crippen LogP contribution in [-0.4, -0.2) is 12.8 Å². The van der Waals surface area contributed by atoms with Crippen LogP contribution in [0, 0.1) is 0 Å². The lowest BCUT2D eigenvalue weighted by Crippen LogP contribution is -1.81. The molecule has 0 bridgehead atoms. The first-order chi connectivity index (χ1) is 5.27. The summed E-state index contributed by atoms with van der Waals surface area (Å²) < 4.78 is 0. The van der Waals surface area contributed by atoms with Gasteiger partial charge in [0.25, 0.3) is 0 Å². The molecule has 0 radical (unpaired) electrons. The highest BCUT2D eigenvalue weighted by atomic mass is 79.9. The van der Waals surface area contributed by atoms with E-state index in [1.807, 2.05) is 0 Å². The zero-order chi connectivity index (χ0) is 8.53. The van der Waals surface area contributed by atoms with Crippen LogP contribution >= 0.6 is 22.1 Å². The summed E-state index contributed by atoms with van der Waals surface area (Å²) in [6, 6.07) is 0. The van der Waals surface area contributed by atoms with Gasteiger partial charge in [-0.05, 0) is 25.9 Å². The van der Waals surface area contributed by atoms with Crippen LogP contribution in [0.2, 0.25) is 0 Å². The summed E-state index contributed by atoms with van der Waals surface area (Å²) in [6.45, 7) is 4.75. The van der Waals surface area contributed by atoms with Gasteiger partial charge in [0, 0.05) is 0 Å². The fourth-order valence-corrected chi connectivity index (χ4v) is 2.52. The predicted molar refractivity (Wildman–Crippen MR) is 60.0 cm³/mol. The lowest BCUT2D eigenvalue weighted by molar-refractivity contribution is 0.626. The Morgan fingerprint density at radius 3 is 2.09 bits per heavy atom. The molecular weight excluding hydrogens is 219 g/mol. The standard InChI is InChI=1S/C9H20BrP/c1-3-4-5-6-7-8-9-11(2)10/h3-9H2,1-2H3. The van der Waals surface area contributed by atoms with E-state index in [4.69, 9.17) is 0 Å². The van der Waals surface area contributed by atoms with Gasteiger partial charge in [0.15, 0.2) is 0 Å². The topological polar surface area (TPSA) is 0 Å². The predicted octanol–water partition coefficient (Wildman–Crippen LogP) is 4.77. The normalized spacial score (nSPS) is 13.4. The van der Waals surface area contributed by atoms with E-state index in [1.54, 1.807) is 0 Å². The van der Waals surface area contributed by atoms with E-state index < -0.39 is 0 Å². The molecule has 2 heteroatoms. The number of hydrogen-bond donors (Lipinski definition) is 0. The lowest BCUT2D eigenvalue weighted by Gasteiger charge is -2.02. The van der Waals surface area contributed by atoms with Gasteiger partial charge in [0.05, 0.1) is 0 Å². The first kappa shape index (κ1) is 11.9. The van der Waals surface area contributed by atoms with Crippen molar-refractivity contribution in [3.63, 3.8) is 0 Å². The van der Waals surface area contributed by atoms with Crippen molar-refractivity contribution >= 4 is 22.1 Å². The van der Waals surface area contributed by atoms with Gasteiger partial charge in [0.2, 0.25) is 0 Å². The molecule has 0 spiro atoms. The SMILES string of the molecule is CCCCCCCCP(C)Br. The molecule has 0 nitrogen and oxygen atoms in total. The zero-order valence-electron chi connectivity index (χ0n) is 7.77. The van der Waals surface area contributed by atoms with E-state index in [9.17, 15) is 0 Å². The van der Waals surface area contributed by atoms with Gasteiger partial charge < -0.3 is 0 Å². The molecule has 0 rings (SSSR count). The zero-order valence-corrected chi connectivity index (χ0v) is 10.3. The molecule has 11 heavy (non-hydrogen) atoms. The molecule has 0 aromatic carbocycles. The Morgan fingerprint density at radius 1 is 1.00 bits per heavy atom. The first-order valence-electron chi connectivity index (χ1n) is 4.64. The minimum Gasteiger partial charge on any atom is -0.0654 e. The van der Waals surface area contributed by atoms with E-state index in [0.29, 0.717) is 0 Å². The third kappa shape index (κ3) is 10.9.